The van der Waals surface area contributed by atoms with Crippen molar-refractivity contribution in [3.63, 3.8) is 0 Å². The fourth-order valence-corrected chi connectivity index (χ4v) is 2.03. The third kappa shape index (κ3) is 2.33. The highest BCUT2D eigenvalue weighted by atomic mass is 16.3. The molecule has 0 radical (unpaired) electrons. The molecular weight excluding hydrogens is 254 g/mol. The van der Waals surface area contributed by atoms with Gasteiger partial charge in [-0.25, -0.2) is 0 Å². The summed E-state index contributed by atoms with van der Waals surface area (Å²) in [5, 5.41) is 20.1. The number of amides is 1. The van der Waals surface area contributed by atoms with Crippen LogP contribution in [-0.2, 0) is 6.54 Å². The quantitative estimate of drug-likeness (QED) is 0.680. The van der Waals surface area contributed by atoms with E-state index in [9.17, 15) is 9.90 Å². The van der Waals surface area contributed by atoms with Crippen LogP contribution in [0.4, 0.5) is 0 Å². The van der Waals surface area contributed by atoms with Crippen molar-refractivity contribution < 1.29 is 9.90 Å². The Kier molecular flexibility index (Phi) is 3.09. The van der Waals surface area contributed by atoms with Gasteiger partial charge in [0.05, 0.1) is 17.8 Å². The molecule has 3 N–H and O–H groups in total. The van der Waals surface area contributed by atoms with Gasteiger partial charge in [-0.3, -0.25) is 9.89 Å². The lowest BCUT2D eigenvalue weighted by molar-refractivity contribution is 0.0950. The zero-order valence-corrected chi connectivity index (χ0v) is 10.6. The van der Waals surface area contributed by atoms with E-state index in [4.69, 9.17) is 0 Å². The number of phenolic OH excluding ortho intramolecular Hbond substituents is 1. The van der Waals surface area contributed by atoms with Crippen molar-refractivity contribution in [3.05, 3.63) is 59.8 Å². The molecule has 0 aliphatic heterocycles. The fraction of sp³-hybridized carbons (Fsp3) is 0.0667. The Balaban J connectivity index is 1.73. The van der Waals surface area contributed by atoms with E-state index in [1.807, 2.05) is 24.3 Å². The van der Waals surface area contributed by atoms with E-state index in [1.165, 1.54) is 12.1 Å². The molecule has 20 heavy (non-hydrogen) atoms. The molecule has 0 aliphatic rings. The number of phenols is 1. The molecule has 0 aliphatic carbocycles. The van der Waals surface area contributed by atoms with Gasteiger partial charge in [-0.1, -0.05) is 18.2 Å². The summed E-state index contributed by atoms with van der Waals surface area (Å²) in [5.74, 6) is -0.0511. The van der Waals surface area contributed by atoms with E-state index in [-0.39, 0.29) is 11.7 Å². The summed E-state index contributed by atoms with van der Waals surface area (Å²) in [6.45, 7) is 0.375. The van der Waals surface area contributed by atoms with Crippen LogP contribution in [0.25, 0.3) is 10.9 Å². The Morgan fingerprint density at radius 2 is 1.90 bits per heavy atom. The van der Waals surface area contributed by atoms with Crippen LogP contribution in [0.3, 0.4) is 0 Å². The number of aromatic hydroxyl groups is 1. The van der Waals surface area contributed by atoms with Crippen molar-refractivity contribution in [1.29, 1.82) is 0 Å². The molecule has 1 amide bonds. The van der Waals surface area contributed by atoms with Gasteiger partial charge in [0.25, 0.3) is 5.91 Å². The summed E-state index contributed by atoms with van der Waals surface area (Å²) >= 11 is 0. The minimum absolute atomic E-state index is 0.140. The van der Waals surface area contributed by atoms with Gasteiger partial charge in [-0.2, -0.15) is 5.10 Å². The third-order valence-corrected chi connectivity index (χ3v) is 3.10. The number of carbonyl (C=O) groups is 1. The Morgan fingerprint density at radius 1 is 1.15 bits per heavy atom. The Hall–Kier alpha value is -2.82. The highest BCUT2D eigenvalue weighted by Crippen LogP contribution is 2.15. The van der Waals surface area contributed by atoms with E-state index in [0.29, 0.717) is 12.1 Å². The van der Waals surface area contributed by atoms with Gasteiger partial charge in [0, 0.05) is 10.9 Å². The summed E-state index contributed by atoms with van der Waals surface area (Å²) < 4.78 is 0. The number of carbonyl (C=O) groups excluding carboxylic acids is 1. The first kappa shape index (κ1) is 12.2. The van der Waals surface area contributed by atoms with Crippen LogP contribution in [0.1, 0.15) is 16.1 Å². The number of nitrogens with zero attached hydrogens (tertiary/aromatic N) is 1. The Morgan fingerprint density at radius 3 is 2.70 bits per heavy atom. The number of benzene rings is 2. The molecule has 0 bridgehead atoms. The van der Waals surface area contributed by atoms with Crippen molar-refractivity contribution >= 4 is 16.8 Å². The van der Waals surface area contributed by atoms with Crippen molar-refractivity contribution in [1.82, 2.24) is 15.5 Å². The maximum atomic E-state index is 12.0. The molecule has 3 aromatic rings. The van der Waals surface area contributed by atoms with Crippen LogP contribution < -0.4 is 5.32 Å². The molecule has 1 heterocycles. The van der Waals surface area contributed by atoms with Crippen molar-refractivity contribution in [2.45, 2.75) is 6.54 Å². The number of hydrogen-bond acceptors (Lipinski definition) is 3. The predicted octanol–water partition coefficient (Wildman–Crippen LogP) is 2.20. The molecule has 3 rings (SSSR count). The first-order chi connectivity index (χ1) is 9.74. The highest BCUT2D eigenvalue weighted by Gasteiger charge is 2.08. The molecular formula is C15H13N3O2. The maximum Gasteiger partial charge on any atom is 0.251 e. The number of rotatable bonds is 3. The molecule has 0 unspecified atom stereocenters. The number of aromatic amines is 1. The summed E-state index contributed by atoms with van der Waals surface area (Å²) in [4.78, 5) is 12.0. The largest absolute Gasteiger partial charge is 0.508 e. The second kappa shape index (κ2) is 5.05. The van der Waals surface area contributed by atoms with Crippen molar-refractivity contribution in [2.75, 3.05) is 0 Å². The van der Waals surface area contributed by atoms with Crippen LogP contribution in [0.2, 0.25) is 0 Å². The number of nitrogens with one attached hydrogen (secondary N) is 2. The molecule has 5 heteroatoms. The average Bonchev–Trinajstić information content (AvgIpc) is 2.89. The van der Waals surface area contributed by atoms with E-state index in [1.54, 1.807) is 12.1 Å². The molecule has 0 spiro atoms. The van der Waals surface area contributed by atoms with Gasteiger partial charge in [-0.05, 0) is 30.3 Å². The SMILES string of the molecule is O=C(NCc1[nH]nc2ccccc12)c1ccc(O)cc1. The first-order valence-corrected chi connectivity index (χ1v) is 6.23. The summed E-state index contributed by atoms with van der Waals surface area (Å²) in [6, 6.07) is 13.9. The fourth-order valence-electron chi connectivity index (χ4n) is 2.03. The molecule has 0 fully saturated rings. The monoisotopic (exact) mass is 267 g/mol. The zero-order valence-electron chi connectivity index (χ0n) is 10.6. The summed E-state index contributed by atoms with van der Waals surface area (Å²) in [5.41, 5.74) is 2.25. The van der Waals surface area contributed by atoms with E-state index in [0.717, 1.165) is 16.6 Å². The van der Waals surface area contributed by atoms with E-state index in [2.05, 4.69) is 15.5 Å². The van der Waals surface area contributed by atoms with Crippen LogP contribution in [-0.4, -0.2) is 21.2 Å². The molecule has 5 nitrogen and oxygen atoms in total. The smallest absolute Gasteiger partial charge is 0.251 e. The molecule has 0 saturated heterocycles. The lowest BCUT2D eigenvalue weighted by Crippen LogP contribution is -2.22. The van der Waals surface area contributed by atoms with Gasteiger partial charge < -0.3 is 10.4 Å². The molecule has 2 aromatic carbocycles. The number of aromatic nitrogens is 2. The second-order valence-electron chi connectivity index (χ2n) is 4.45. The number of para-hydroxylation sites is 1. The maximum absolute atomic E-state index is 12.0. The van der Waals surface area contributed by atoms with E-state index < -0.39 is 0 Å². The van der Waals surface area contributed by atoms with Crippen molar-refractivity contribution in [3.8, 4) is 5.75 Å². The van der Waals surface area contributed by atoms with Crippen LogP contribution in [0, 0.1) is 0 Å². The minimum atomic E-state index is -0.191. The predicted molar refractivity (Wildman–Crippen MR) is 75.4 cm³/mol. The molecule has 100 valence electrons. The van der Waals surface area contributed by atoms with Crippen LogP contribution in [0.15, 0.2) is 48.5 Å². The van der Waals surface area contributed by atoms with Crippen LogP contribution in [0.5, 0.6) is 5.75 Å². The third-order valence-electron chi connectivity index (χ3n) is 3.10. The standard InChI is InChI=1S/C15H13N3O2/c19-11-7-5-10(6-8-11)15(20)16-9-14-12-3-1-2-4-13(12)17-18-14/h1-8,19H,9H2,(H,16,20)(H,17,18). The lowest BCUT2D eigenvalue weighted by Gasteiger charge is -2.04. The normalized spacial score (nSPS) is 10.6. The lowest BCUT2D eigenvalue weighted by atomic mass is 10.2. The Bertz CT molecular complexity index is 747. The molecule has 1 aromatic heterocycles. The summed E-state index contributed by atoms with van der Waals surface area (Å²) in [6.07, 6.45) is 0. The van der Waals surface area contributed by atoms with Crippen molar-refractivity contribution in [2.24, 2.45) is 0 Å². The Labute approximate surface area is 115 Å². The van der Waals surface area contributed by atoms with Crippen LogP contribution >= 0.6 is 0 Å². The summed E-state index contributed by atoms with van der Waals surface area (Å²) in [7, 11) is 0. The minimum Gasteiger partial charge on any atom is -0.508 e. The topological polar surface area (TPSA) is 78.0 Å². The van der Waals surface area contributed by atoms with Gasteiger partial charge in [-0.15, -0.1) is 0 Å². The highest BCUT2D eigenvalue weighted by molar-refractivity contribution is 5.94. The number of fused-ring (bicyclic) bond motifs is 1. The zero-order chi connectivity index (χ0) is 13.9. The van der Waals surface area contributed by atoms with Gasteiger partial charge in [0.2, 0.25) is 0 Å². The first-order valence-electron chi connectivity index (χ1n) is 6.23. The van der Waals surface area contributed by atoms with E-state index >= 15 is 0 Å². The molecule has 0 atom stereocenters. The number of H-pyrrole nitrogens is 1. The van der Waals surface area contributed by atoms with Gasteiger partial charge in [0.1, 0.15) is 5.75 Å². The average molecular weight is 267 g/mol. The van der Waals surface area contributed by atoms with Gasteiger partial charge in [0.15, 0.2) is 0 Å². The second-order valence-corrected chi connectivity index (χ2v) is 4.45. The molecule has 0 saturated carbocycles. The van der Waals surface area contributed by atoms with Gasteiger partial charge >= 0.3 is 0 Å². The number of hydrogen-bond donors (Lipinski definition) is 3.